The lowest BCUT2D eigenvalue weighted by atomic mass is 9.68. The first kappa shape index (κ1) is 15.3. The van der Waals surface area contributed by atoms with Gasteiger partial charge in [0, 0.05) is 18.6 Å². The maximum Gasteiger partial charge on any atom is 0.0728 e. The molecule has 2 aliphatic rings. The Morgan fingerprint density at radius 1 is 1.26 bits per heavy atom. The molecule has 19 heavy (non-hydrogen) atoms. The zero-order valence-corrected chi connectivity index (χ0v) is 12.9. The minimum absolute atomic E-state index is 0.228. The summed E-state index contributed by atoms with van der Waals surface area (Å²) in [6, 6.07) is 0.228. The van der Waals surface area contributed by atoms with Crippen LogP contribution in [-0.2, 0) is 9.47 Å². The zero-order chi connectivity index (χ0) is 13.9. The van der Waals surface area contributed by atoms with E-state index in [0.717, 1.165) is 45.0 Å². The first-order valence-electron chi connectivity index (χ1n) is 7.98. The second-order valence-electron chi connectivity index (χ2n) is 7.12. The maximum atomic E-state index is 6.25. The number of rotatable bonds is 5. The summed E-state index contributed by atoms with van der Waals surface area (Å²) in [5.41, 5.74) is 6.67. The van der Waals surface area contributed by atoms with Gasteiger partial charge in [0.05, 0.1) is 19.3 Å². The highest BCUT2D eigenvalue weighted by Crippen LogP contribution is 2.41. The molecule has 2 rings (SSSR count). The van der Waals surface area contributed by atoms with Crippen LogP contribution in [0.1, 0.15) is 52.9 Å². The summed E-state index contributed by atoms with van der Waals surface area (Å²) in [6.07, 6.45) is 6.14. The van der Waals surface area contributed by atoms with Gasteiger partial charge >= 0.3 is 0 Å². The summed E-state index contributed by atoms with van der Waals surface area (Å²) in [7, 11) is 0. The fourth-order valence-corrected chi connectivity index (χ4v) is 3.32. The van der Waals surface area contributed by atoms with Gasteiger partial charge in [-0.25, -0.2) is 0 Å². The second-order valence-corrected chi connectivity index (χ2v) is 7.12. The lowest BCUT2D eigenvalue weighted by molar-refractivity contribution is -0.0362. The Hall–Kier alpha value is -0.120. The van der Waals surface area contributed by atoms with E-state index in [1.807, 2.05) is 0 Å². The van der Waals surface area contributed by atoms with Crippen LogP contribution in [0.25, 0.3) is 0 Å². The molecule has 0 spiro atoms. The van der Waals surface area contributed by atoms with E-state index < -0.39 is 0 Å². The highest BCUT2D eigenvalue weighted by molar-refractivity contribution is 4.89. The van der Waals surface area contributed by atoms with Crippen molar-refractivity contribution in [2.45, 2.75) is 65.0 Å². The quantitative estimate of drug-likeness (QED) is 0.834. The average Bonchev–Trinajstić information content (AvgIpc) is 2.90. The van der Waals surface area contributed by atoms with E-state index >= 15 is 0 Å². The van der Waals surface area contributed by atoms with Crippen molar-refractivity contribution in [2.75, 3.05) is 19.8 Å². The Morgan fingerprint density at radius 2 is 2.05 bits per heavy atom. The van der Waals surface area contributed by atoms with Crippen molar-refractivity contribution in [3.05, 3.63) is 0 Å². The molecule has 4 unspecified atom stereocenters. The molecule has 0 aromatic rings. The summed E-state index contributed by atoms with van der Waals surface area (Å²) in [4.78, 5) is 0. The lowest BCUT2D eigenvalue weighted by Crippen LogP contribution is -2.45. The van der Waals surface area contributed by atoms with Gasteiger partial charge in [0.2, 0.25) is 0 Å². The van der Waals surface area contributed by atoms with E-state index in [1.165, 1.54) is 12.8 Å². The predicted octanol–water partition coefficient (Wildman–Crippen LogP) is 2.97. The molecule has 1 saturated carbocycles. The molecule has 1 aliphatic carbocycles. The molecule has 1 heterocycles. The minimum atomic E-state index is 0.228. The molecule has 0 amide bonds. The molecule has 1 saturated heterocycles. The molecule has 0 aromatic carbocycles. The summed E-state index contributed by atoms with van der Waals surface area (Å²) in [5.74, 6) is 1.34. The van der Waals surface area contributed by atoms with Crippen molar-refractivity contribution in [3.8, 4) is 0 Å². The standard InChI is InChI=1S/C16H31NO2/c1-4-16(2,3)13-5-6-14(17)15(9-13)19-11-12-7-8-18-10-12/h12-15H,4-11,17H2,1-3H3. The van der Waals surface area contributed by atoms with E-state index in [-0.39, 0.29) is 12.1 Å². The topological polar surface area (TPSA) is 44.5 Å². The van der Waals surface area contributed by atoms with E-state index in [9.17, 15) is 0 Å². The van der Waals surface area contributed by atoms with Crippen LogP contribution in [0.15, 0.2) is 0 Å². The summed E-state index contributed by atoms with van der Waals surface area (Å²) < 4.78 is 11.5. The van der Waals surface area contributed by atoms with Crippen LogP contribution in [0.2, 0.25) is 0 Å². The SMILES string of the molecule is CCC(C)(C)C1CCC(N)C(OCC2CCOC2)C1. The smallest absolute Gasteiger partial charge is 0.0728 e. The first-order valence-corrected chi connectivity index (χ1v) is 7.98. The normalized spacial score (nSPS) is 36.6. The maximum absolute atomic E-state index is 6.25. The second kappa shape index (κ2) is 6.55. The van der Waals surface area contributed by atoms with Crippen LogP contribution in [-0.4, -0.2) is 32.0 Å². The van der Waals surface area contributed by atoms with Gasteiger partial charge in [-0.2, -0.15) is 0 Å². The van der Waals surface area contributed by atoms with Crippen LogP contribution >= 0.6 is 0 Å². The van der Waals surface area contributed by atoms with Crippen LogP contribution in [0, 0.1) is 17.3 Å². The monoisotopic (exact) mass is 269 g/mol. The van der Waals surface area contributed by atoms with Crippen molar-refractivity contribution in [3.63, 3.8) is 0 Å². The highest BCUT2D eigenvalue weighted by atomic mass is 16.5. The van der Waals surface area contributed by atoms with Crippen LogP contribution in [0.5, 0.6) is 0 Å². The molecular weight excluding hydrogens is 238 g/mol. The van der Waals surface area contributed by atoms with E-state index in [2.05, 4.69) is 20.8 Å². The van der Waals surface area contributed by atoms with Gasteiger partial charge in [0.15, 0.2) is 0 Å². The van der Waals surface area contributed by atoms with Gasteiger partial charge in [-0.3, -0.25) is 0 Å². The largest absolute Gasteiger partial charge is 0.381 e. The number of nitrogens with two attached hydrogens (primary N) is 1. The van der Waals surface area contributed by atoms with Crippen LogP contribution in [0.3, 0.4) is 0 Å². The summed E-state index contributed by atoms with van der Waals surface area (Å²) >= 11 is 0. The highest BCUT2D eigenvalue weighted by Gasteiger charge is 2.36. The molecule has 2 fully saturated rings. The van der Waals surface area contributed by atoms with Gasteiger partial charge < -0.3 is 15.2 Å². The summed E-state index contributed by atoms with van der Waals surface area (Å²) in [5, 5.41) is 0. The Bertz CT molecular complexity index is 274. The lowest BCUT2D eigenvalue weighted by Gasteiger charge is -2.42. The molecule has 112 valence electrons. The van der Waals surface area contributed by atoms with Crippen molar-refractivity contribution < 1.29 is 9.47 Å². The predicted molar refractivity (Wildman–Crippen MR) is 78.1 cm³/mol. The van der Waals surface area contributed by atoms with Gasteiger partial charge in [-0.15, -0.1) is 0 Å². The first-order chi connectivity index (χ1) is 9.03. The number of ether oxygens (including phenoxy) is 2. The van der Waals surface area contributed by atoms with Crippen molar-refractivity contribution >= 4 is 0 Å². The fourth-order valence-electron chi connectivity index (χ4n) is 3.32. The molecule has 0 aromatic heterocycles. The van der Waals surface area contributed by atoms with Crippen molar-refractivity contribution in [2.24, 2.45) is 23.0 Å². The van der Waals surface area contributed by atoms with Crippen molar-refractivity contribution in [1.29, 1.82) is 0 Å². The minimum Gasteiger partial charge on any atom is -0.381 e. The molecule has 0 bridgehead atoms. The van der Waals surface area contributed by atoms with Crippen LogP contribution < -0.4 is 5.73 Å². The molecule has 3 heteroatoms. The third kappa shape index (κ3) is 3.93. The third-order valence-electron chi connectivity index (χ3n) is 5.43. The number of hydrogen-bond donors (Lipinski definition) is 1. The van der Waals surface area contributed by atoms with Crippen molar-refractivity contribution in [1.82, 2.24) is 0 Å². The zero-order valence-electron chi connectivity index (χ0n) is 12.9. The Balaban J connectivity index is 1.83. The molecule has 1 aliphatic heterocycles. The Labute approximate surface area is 118 Å². The van der Waals surface area contributed by atoms with Gasteiger partial charge in [-0.1, -0.05) is 27.2 Å². The van der Waals surface area contributed by atoms with E-state index in [4.69, 9.17) is 15.2 Å². The van der Waals surface area contributed by atoms with E-state index in [0.29, 0.717) is 11.3 Å². The molecular formula is C16H31NO2. The third-order valence-corrected chi connectivity index (χ3v) is 5.43. The van der Waals surface area contributed by atoms with Gasteiger partial charge in [0.1, 0.15) is 0 Å². The number of hydrogen-bond acceptors (Lipinski definition) is 3. The average molecular weight is 269 g/mol. The Kier molecular flexibility index (Phi) is 5.27. The van der Waals surface area contributed by atoms with Gasteiger partial charge in [0.25, 0.3) is 0 Å². The molecule has 4 atom stereocenters. The fraction of sp³-hybridized carbons (Fsp3) is 1.00. The molecule has 2 N–H and O–H groups in total. The molecule has 3 nitrogen and oxygen atoms in total. The molecule has 0 radical (unpaired) electrons. The summed E-state index contributed by atoms with van der Waals surface area (Å²) in [6.45, 7) is 9.66. The van der Waals surface area contributed by atoms with Crippen LogP contribution in [0.4, 0.5) is 0 Å². The van der Waals surface area contributed by atoms with Gasteiger partial charge in [-0.05, 0) is 37.0 Å². The Morgan fingerprint density at radius 3 is 2.68 bits per heavy atom. The van der Waals surface area contributed by atoms with E-state index in [1.54, 1.807) is 0 Å².